The smallest absolute Gasteiger partial charge is 0.135 e. The van der Waals surface area contributed by atoms with E-state index in [1.807, 2.05) is 24.4 Å². The van der Waals surface area contributed by atoms with Gasteiger partial charge in [0.1, 0.15) is 5.82 Å². The van der Waals surface area contributed by atoms with Gasteiger partial charge in [0.05, 0.1) is 5.41 Å². The summed E-state index contributed by atoms with van der Waals surface area (Å²) in [6.45, 7) is 22.6. The Morgan fingerprint density at radius 3 is 1.63 bits per heavy atom. The molecule has 9 aromatic carbocycles. The standard InChI is InChI=1S/C75H65N4O.Pt/c1-72(2,3)52-31-33-53(34-32-52)75(66-29-18-16-27-60(66)61-28-17-19-30-67(61)75)55-35-37-62-63-38-36-59(48-69(63)79(68(62)45-55)70-46-54(39-40-76-70)73(4,5)6)80-58-26-20-25-57(47-58)77-41-42-78(49-77)71-64(50-21-12-10-13-22-50)43-56(74(7,8)9)44-65(71)51-23-14-11-15-24-51;/h10-46,49H,1-9H3;/q-3;. The Bertz CT molecular complexity index is 4090. The molecule has 404 valence electrons. The first kappa shape index (κ1) is 53.4. The van der Waals surface area contributed by atoms with Gasteiger partial charge in [0.2, 0.25) is 0 Å². The van der Waals surface area contributed by atoms with Gasteiger partial charge in [0.25, 0.3) is 0 Å². The van der Waals surface area contributed by atoms with E-state index in [0.717, 1.165) is 50.1 Å². The molecule has 2 aromatic heterocycles. The third-order valence-corrected chi connectivity index (χ3v) is 16.4. The van der Waals surface area contributed by atoms with Crippen molar-refractivity contribution in [1.82, 2.24) is 9.55 Å². The predicted molar refractivity (Wildman–Crippen MR) is 332 cm³/mol. The number of aromatic nitrogens is 2. The molecule has 6 heteroatoms. The molecule has 0 fully saturated rings. The van der Waals surface area contributed by atoms with Gasteiger partial charge in [-0.1, -0.05) is 213 Å². The van der Waals surface area contributed by atoms with Crippen LogP contribution >= 0.6 is 0 Å². The summed E-state index contributed by atoms with van der Waals surface area (Å²) in [5, 5.41) is 2.17. The van der Waals surface area contributed by atoms with Gasteiger partial charge in [0.15, 0.2) is 0 Å². The van der Waals surface area contributed by atoms with Gasteiger partial charge in [-0.05, 0) is 126 Å². The fourth-order valence-electron chi connectivity index (χ4n) is 12.1. The van der Waals surface area contributed by atoms with Crippen molar-refractivity contribution in [2.45, 2.75) is 84.0 Å². The van der Waals surface area contributed by atoms with Crippen LogP contribution in [0.1, 0.15) is 101 Å². The number of nitrogens with zero attached hydrogens (tertiary/aromatic N) is 4. The van der Waals surface area contributed by atoms with Crippen molar-refractivity contribution in [3.8, 4) is 50.7 Å². The van der Waals surface area contributed by atoms with Crippen LogP contribution in [0.4, 0.5) is 11.4 Å². The molecule has 0 N–H and O–H groups in total. The summed E-state index contributed by atoms with van der Waals surface area (Å²) in [5.74, 6) is 1.99. The number of hydrogen-bond acceptors (Lipinski definition) is 4. The van der Waals surface area contributed by atoms with Crippen LogP contribution in [0.25, 0.3) is 61.0 Å². The monoisotopic (exact) mass is 1230 g/mol. The number of pyridine rings is 1. The number of hydrogen-bond donors (Lipinski definition) is 0. The van der Waals surface area contributed by atoms with Gasteiger partial charge in [-0.25, -0.2) is 4.98 Å². The molecule has 0 bridgehead atoms. The second kappa shape index (κ2) is 20.4. The van der Waals surface area contributed by atoms with Crippen molar-refractivity contribution in [3.05, 3.63) is 283 Å². The molecule has 1 aliphatic heterocycles. The SMILES string of the molecule is CC(C)(C)c1ccc(C2(c3ccc4c5ccc(Oc6[c-]c(N7C=CN(c8c(-c9ccccc9)cc(C(C)(C)C)cc8-c8ccccc8)[CH-]7)ccc6)[c-]c5n(-c5cc(C(C)(C)C)ccn5)c4c3)c3ccccc3-c3ccccc32)cc1.[Pt]. The van der Waals surface area contributed by atoms with E-state index in [4.69, 9.17) is 9.72 Å². The van der Waals surface area contributed by atoms with Crippen molar-refractivity contribution in [2.75, 3.05) is 9.80 Å². The molecule has 0 saturated heterocycles. The second-order valence-electron chi connectivity index (χ2n) is 24.6. The van der Waals surface area contributed by atoms with Gasteiger partial charge >= 0.3 is 0 Å². The average Bonchev–Trinajstić information content (AvgIpc) is 4.38. The predicted octanol–water partition coefficient (Wildman–Crippen LogP) is 19.1. The third-order valence-electron chi connectivity index (χ3n) is 16.4. The first-order chi connectivity index (χ1) is 38.5. The number of fused-ring (bicyclic) bond motifs is 6. The molecule has 0 radical (unpaired) electrons. The first-order valence-electron chi connectivity index (χ1n) is 27.9. The number of ether oxygens (including phenoxy) is 1. The molecule has 2 aliphatic rings. The van der Waals surface area contributed by atoms with Crippen molar-refractivity contribution in [2.24, 2.45) is 0 Å². The molecule has 0 atom stereocenters. The number of benzene rings is 9. The van der Waals surface area contributed by atoms with E-state index in [1.54, 1.807) is 0 Å². The minimum Gasteiger partial charge on any atom is -0.509 e. The number of rotatable bonds is 9. The summed E-state index contributed by atoms with van der Waals surface area (Å²) >= 11 is 0. The maximum atomic E-state index is 6.83. The van der Waals surface area contributed by atoms with E-state index >= 15 is 0 Å². The van der Waals surface area contributed by atoms with Crippen LogP contribution in [0.3, 0.4) is 0 Å². The van der Waals surface area contributed by atoms with Crippen molar-refractivity contribution in [1.29, 1.82) is 0 Å². The van der Waals surface area contributed by atoms with Gasteiger partial charge < -0.3 is 19.1 Å². The Kier molecular flexibility index (Phi) is 13.4. The van der Waals surface area contributed by atoms with E-state index in [9.17, 15) is 0 Å². The molecule has 0 amide bonds. The van der Waals surface area contributed by atoms with Gasteiger partial charge in [-0.15, -0.1) is 48.1 Å². The molecule has 1 aliphatic carbocycles. The van der Waals surface area contributed by atoms with E-state index < -0.39 is 5.41 Å². The minimum atomic E-state index is -0.594. The maximum Gasteiger partial charge on any atom is 0.135 e. The molecule has 13 rings (SSSR count). The average molecular weight is 1230 g/mol. The normalized spacial score (nSPS) is 13.8. The fraction of sp³-hybridized carbons (Fsp3) is 0.173. The molecular formula is C75H65N4OPt-3. The second-order valence-corrected chi connectivity index (χ2v) is 24.6. The number of anilines is 2. The third kappa shape index (κ3) is 9.40. The van der Waals surface area contributed by atoms with E-state index in [0.29, 0.717) is 11.5 Å². The van der Waals surface area contributed by atoms with E-state index in [-0.39, 0.29) is 37.3 Å². The van der Waals surface area contributed by atoms with Crippen molar-refractivity contribution >= 4 is 33.2 Å². The largest absolute Gasteiger partial charge is 0.509 e. The van der Waals surface area contributed by atoms with Crippen LogP contribution in [0.15, 0.2) is 225 Å². The molecule has 5 nitrogen and oxygen atoms in total. The molecule has 0 unspecified atom stereocenters. The summed E-state index contributed by atoms with van der Waals surface area (Å²) in [7, 11) is 0. The Morgan fingerprint density at radius 2 is 1.01 bits per heavy atom. The van der Waals surface area contributed by atoms with Crippen LogP contribution in [0.5, 0.6) is 11.5 Å². The maximum absolute atomic E-state index is 6.83. The Hall–Kier alpha value is -8.24. The van der Waals surface area contributed by atoms with Crippen molar-refractivity contribution in [3.63, 3.8) is 0 Å². The molecule has 0 saturated carbocycles. The van der Waals surface area contributed by atoms with Gasteiger partial charge in [-0.2, -0.15) is 12.1 Å². The Balaban J connectivity index is 0.00000651. The first-order valence-corrected chi connectivity index (χ1v) is 27.9. The Morgan fingerprint density at radius 1 is 0.457 bits per heavy atom. The summed E-state index contributed by atoms with van der Waals surface area (Å²) in [5.41, 5.74) is 19.1. The zero-order valence-corrected chi connectivity index (χ0v) is 49.7. The summed E-state index contributed by atoms with van der Waals surface area (Å²) < 4.78 is 9.12. The fourth-order valence-corrected chi connectivity index (χ4v) is 12.1. The molecular weight excluding hydrogens is 1170 g/mol. The van der Waals surface area contributed by atoms with Crippen LogP contribution < -0.4 is 14.5 Å². The topological polar surface area (TPSA) is 33.5 Å². The van der Waals surface area contributed by atoms with Crippen LogP contribution in [-0.2, 0) is 42.7 Å². The van der Waals surface area contributed by atoms with Gasteiger partial charge in [-0.3, -0.25) is 0 Å². The summed E-state index contributed by atoms with van der Waals surface area (Å²) in [6, 6.07) is 82.6. The zero-order valence-electron chi connectivity index (χ0n) is 47.5. The summed E-state index contributed by atoms with van der Waals surface area (Å²) in [6.07, 6.45) is 6.17. The zero-order chi connectivity index (χ0) is 55.1. The Labute approximate surface area is 492 Å². The minimum absolute atomic E-state index is 0. The summed E-state index contributed by atoms with van der Waals surface area (Å²) in [4.78, 5) is 9.48. The quantitative estimate of drug-likeness (QED) is 0.135. The van der Waals surface area contributed by atoms with Crippen LogP contribution in [-0.4, -0.2) is 9.55 Å². The van der Waals surface area contributed by atoms with E-state index in [2.05, 4.69) is 296 Å². The molecule has 3 heterocycles. The molecule has 0 spiro atoms. The van der Waals surface area contributed by atoms with Gasteiger partial charge in [0, 0.05) is 61.1 Å². The molecule has 11 aromatic rings. The molecule has 81 heavy (non-hydrogen) atoms. The van der Waals surface area contributed by atoms with Crippen molar-refractivity contribution < 1.29 is 25.8 Å². The van der Waals surface area contributed by atoms with Crippen LogP contribution in [0, 0.1) is 18.8 Å². The van der Waals surface area contributed by atoms with E-state index in [1.165, 1.54) is 61.2 Å². The van der Waals surface area contributed by atoms with Crippen LogP contribution in [0.2, 0.25) is 0 Å².